The molecule has 0 aliphatic heterocycles. The van der Waals surface area contributed by atoms with Crippen LogP contribution in [0.5, 0.6) is 0 Å². The van der Waals surface area contributed by atoms with E-state index < -0.39 is 12.1 Å². The second-order valence-corrected chi connectivity index (χ2v) is 20.7. The van der Waals surface area contributed by atoms with Gasteiger partial charge in [-0.05, 0) is 77.0 Å². The molecule has 0 spiro atoms. The molecule has 6 nitrogen and oxygen atoms in total. The number of amides is 1. The molecule has 0 saturated carbocycles. The van der Waals surface area contributed by atoms with E-state index in [1.54, 1.807) is 6.08 Å². The average Bonchev–Trinajstić information content (AvgIpc) is 3.35. The van der Waals surface area contributed by atoms with Crippen LogP contribution in [0.2, 0.25) is 0 Å². The Bertz CT molecular complexity index is 1160. The smallest absolute Gasteiger partial charge is 0.305 e. The van der Waals surface area contributed by atoms with Crippen LogP contribution in [-0.2, 0) is 14.3 Å². The molecule has 69 heavy (non-hydrogen) atoms. The quantitative estimate of drug-likeness (QED) is 0.0321. The molecule has 6 heteroatoms. The molecule has 0 saturated heterocycles. The van der Waals surface area contributed by atoms with Crippen molar-refractivity contribution in [3.63, 3.8) is 0 Å². The van der Waals surface area contributed by atoms with Gasteiger partial charge in [0.15, 0.2) is 0 Å². The molecule has 0 aromatic carbocycles. The molecule has 2 atom stereocenters. The zero-order valence-electron chi connectivity index (χ0n) is 46.0. The van der Waals surface area contributed by atoms with E-state index in [-0.39, 0.29) is 18.5 Å². The normalized spacial score (nSPS) is 12.9. The van der Waals surface area contributed by atoms with E-state index in [4.69, 9.17) is 4.74 Å². The van der Waals surface area contributed by atoms with Crippen LogP contribution in [0.1, 0.15) is 316 Å². The van der Waals surface area contributed by atoms with Gasteiger partial charge in [-0.2, -0.15) is 0 Å². The van der Waals surface area contributed by atoms with Gasteiger partial charge in [0, 0.05) is 12.8 Å². The maximum atomic E-state index is 12.5. The third-order valence-electron chi connectivity index (χ3n) is 13.8. The van der Waals surface area contributed by atoms with Crippen molar-refractivity contribution in [1.29, 1.82) is 0 Å². The average molecular weight is 969 g/mol. The maximum absolute atomic E-state index is 12.5. The lowest BCUT2D eigenvalue weighted by molar-refractivity contribution is -0.143. The number of unbranched alkanes of at least 4 members (excludes halogenated alkanes) is 39. The summed E-state index contributed by atoms with van der Waals surface area (Å²) >= 11 is 0. The van der Waals surface area contributed by atoms with E-state index in [9.17, 15) is 19.8 Å². The standard InChI is InChI=1S/C63H117NO5/c1-3-5-7-9-11-13-15-17-19-21-22-23-24-25-26-27-28-31-35-39-43-47-51-55-61(66)60(59-65)64-62(67)56-52-48-44-40-36-32-30-34-38-42-46-50-54-58-69-63(68)57-53-49-45-41-37-33-29-20-18-16-14-12-10-8-6-4-2/h20,29,32,36,44,48,51,55,60-61,65-66H,3-19,21-28,30-31,33-35,37-43,45-47,49-50,52-54,56-59H2,1-2H3,(H,64,67)/b29-20-,36-32-,48-44-,55-51+. The largest absolute Gasteiger partial charge is 0.466 e. The molecule has 3 N–H and O–H groups in total. The molecule has 404 valence electrons. The zero-order chi connectivity index (χ0) is 50.0. The Labute approximate surface area is 429 Å². The molecule has 0 radical (unpaired) electrons. The van der Waals surface area contributed by atoms with Gasteiger partial charge >= 0.3 is 5.97 Å². The third kappa shape index (κ3) is 55.0. The molecule has 1 amide bonds. The minimum absolute atomic E-state index is 0.0258. The van der Waals surface area contributed by atoms with Gasteiger partial charge in [-0.15, -0.1) is 0 Å². The van der Waals surface area contributed by atoms with Crippen molar-refractivity contribution in [3.05, 3.63) is 48.6 Å². The van der Waals surface area contributed by atoms with E-state index in [0.29, 0.717) is 25.9 Å². The number of rotatable bonds is 56. The van der Waals surface area contributed by atoms with Crippen LogP contribution in [0, 0.1) is 0 Å². The van der Waals surface area contributed by atoms with Crippen LogP contribution in [-0.4, -0.2) is 47.4 Å². The number of carbonyl (C=O) groups is 2. The molecule has 0 aromatic heterocycles. The van der Waals surface area contributed by atoms with Gasteiger partial charge in [0.2, 0.25) is 5.91 Å². The van der Waals surface area contributed by atoms with Gasteiger partial charge in [0.1, 0.15) is 0 Å². The fourth-order valence-corrected chi connectivity index (χ4v) is 9.15. The second kappa shape index (κ2) is 58.4. The Hall–Kier alpha value is -2.18. The highest BCUT2D eigenvalue weighted by Gasteiger charge is 2.17. The summed E-state index contributed by atoms with van der Waals surface area (Å²) in [5.41, 5.74) is 0. The lowest BCUT2D eigenvalue weighted by Gasteiger charge is -2.19. The van der Waals surface area contributed by atoms with Crippen LogP contribution < -0.4 is 5.32 Å². The van der Waals surface area contributed by atoms with E-state index in [2.05, 4.69) is 49.5 Å². The van der Waals surface area contributed by atoms with Crippen molar-refractivity contribution >= 4 is 11.9 Å². The minimum atomic E-state index is -0.882. The van der Waals surface area contributed by atoms with Crippen molar-refractivity contribution in [3.8, 4) is 0 Å². The lowest BCUT2D eigenvalue weighted by Crippen LogP contribution is -2.45. The summed E-state index contributed by atoms with van der Waals surface area (Å²) in [6, 6.07) is -0.674. The summed E-state index contributed by atoms with van der Waals surface area (Å²) in [7, 11) is 0. The highest BCUT2D eigenvalue weighted by molar-refractivity contribution is 5.76. The molecule has 0 rings (SSSR count). The van der Waals surface area contributed by atoms with Crippen molar-refractivity contribution in [1.82, 2.24) is 5.32 Å². The Morgan fingerprint density at radius 3 is 1.14 bits per heavy atom. The summed E-state index contributed by atoms with van der Waals surface area (Å²) < 4.78 is 5.46. The lowest BCUT2D eigenvalue weighted by atomic mass is 10.0. The van der Waals surface area contributed by atoms with E-state index in [1.165, 1.54) is 231 Å². The summed E-state index contributed by atoms with van der Waals surface area (Å²) in [4.78, 5) is 24.5. The number of aliphatic hydroxyl groups is 2. The molecular formula is C63H117NO5. The Kier molecular flexibility index (Phi) is 56.5. The van der Waals surface area contributed by atoms with Crippen LogP contribution in [0.15, 0.2) is 48.6 Å². The van der Waals surface area contributed by atoms with Crippen molar-refractivity contribution in [2.24, 2.45) is 0 Å². The van der Waals surface area contributed by atoms with Crippen LogP contribution in [0.4, 0.5) is 0 Å². The summed E-state index contributed by atoms with van der Waals surface area (Å²) in [6.07, 6.45) is 74.4. The monoisotopic (exact) mass is 968 g/mol. The highest BCUT2D eigenvalue weighted by atomic mass is 16.5. The Morgan fingerprint density at radius 2 is 0.739 bits per heavy atom. The number of hydrogen-bond acceptors (Lipinski definition) is 5. The summed E-state index contributed by atoms with van der Waals surface area (Å²) in [5, 5.41) is 23.1. The second-order valence-electron chi connectivity index (χ2n) is 20.7. The number of ether oxygens (including phenoxy) is 1. The topological polar surface area (TPSA) is 95.9 Å². The molecule has 0 aliphatic carbocycles. The first-order chi connectivity index (χ1) is 34.0. The number of allylic oxidation sites excluding steroid dienone is 7. The van der Waals surface area contributed by atoms with Crippen LogP contribution in [0.3, 0.4) is 0 Å². The summed E-state index contributed by atoms with van der Waals surface area (Å²) in [6.45, 7) is 4.85. The first-order valence-electron chi connectivity index (χ1n) is 30.4. The van der Waals surface area contributed by atoms with Gasteiger partial charge < -0.3 is 20.3 Å². The van der Waals surface area contributed by atoms with Crippen LogP contribution >= 0.6 is 0 Å². The third-order valence-corrected chi connectivity index (χ3v) is 13.8. The zero-order valence-corrected chi connectivity index (χ0v) is 46.0. The van der Waals surface area contributed by atoms with E-state index in [1.807, 2.05) is 12.2 Å². The van der Waals surface area contributed by atoms with Crippen molar-refractivity contribution in [2.75, 3.05) is 13.2 Å². The number of nitrogens with one attached hydrogen (secondary N) is 1. The Morgan fingerprint density at radius 1 is 0.406 bits per heavy atom. The highest BCUT2D eigenvalue weighted by Crippen LogP contribution is 2.17. The van der Waals surface area contributed by atoms with E-state index >= 15 is 0 Å². The number of esters is 1. The van der Waals surface area contributed by atoms with Crippen molar-refractivity contribution in [2.45, 2.75) is 328 Å². The Balaban J connectivity index is 3.57. The maximum Gasteiger partial charge on any atom is 0.305 e. The molecular weight excluding hydrogens is 851 g/mol. The van der Waals surface area contributed by atoms with E-state index in [0.717, 1.165) is 51.4 Å². The fourth-order valence-electron chi connectivity index (χ4n) is 9.15. The molecule has 2 unspecified atom stereocenters. The molecule has 0 aromatic rings. The van der Waals surface area contributed by atoms with Gasteiger partial charge in [-0.1, -0.05) is 274 Å². The van der Waals surface area contributed by atoms with Gasteiger partial charge in [-0.3, -0.25) is 9.59 Å². The molecule has 0 bridgehead atoms. The first-order valence-corrected chi connectivity index (χ1v) is 30.4. The van der Waals surface area contributed by atoms with Crippen molar-refractivity contribution < 1.29 is 24.5 Å². The molecule has 0 fully saturated rings. The van der Waals surface area contributed by atoms with Gasteiger partial charge in [0.05, 0.1) is 25.4 Å². The number of carbonyl (C=O) groups excluding carboxylic acids is 2. The van der Waals surface area contributed by atoms with Gasteiger partial charge in [0.25, 0.3) is 0 Å². The fraction of sp³-hybridized carbons (Fsp3) is 0.841. The van der Waals surface area contributed by atoms with Gasteiger partial charge in [-0.25, -0.2) is 0 Å². The SMILES string of the molecule is CCCCCCCCC/C=C\CCCCCCCC(=O)OCCCCCCCC/C=C\C/C=C\CCC(=O)NC(CO)C(O)/C=C/CCCCCCCCCCCCCCCCCCCCCCC. The minimum Gasteiger partial charge on any atom is -0.466 e. The first kappa shape index (κ1) is 66.8. The number of aliphatic hydroxyl groups excluding tert-OH is 2. The summed E-state index contributed by atoms with van der Waals surface area (Å²) in [5.74, 6) is -0.173. The predicted octanol–water partition coefficient (Wildman–Crippen LogP) is 19.0. The molecule has 0 aliphatic rings. The molecule has 0 heterocycles. The van der Waals surface area contributed by atoms with Crippen LogP contribution in [0.25, 0.3) is 0 Å². The number of hydrogen-bond donors (Lipinski definition) is 3. The predicted molar refractivity (Wildman–Crippen MR) is 301 cm³/mol.